The Hall–Kier alpha value is -2.51. The Morgan fingerprint density at radius 3 is 2.85 bits per heavy atom. The lowest BCUT2D eigenvalue weighted by Crippen LogP contribution is -2.24. The van der Waals surface area contributed by atoms with Crippen molar-refractivity contribution in [3.63, 3.8) is 0 Å². The summed E-state index contributed by atoms with van der Waals surface area (Å²) in [7, 11) is 0. The van der Waals surface area contributed by atoms with Gasteiger partial charge in [0.05, 0.1) is 23.6 Å². The molecule has 2 heterocycles. The lowest BCUT2D eigenvalue weighted by Gasteiger charge is -2.04. The summed E-state index contributed by atoms with van der Waals surface area (Å²) in [4.78, 5) is 21.5. The number of hydrogen-bond acceptors (Lipinski definition) is 5. The molecule has 0 aliphatic heterocycles. The van der Waals surface area contributed by atoms with E-state index in [-0.39, 0.29) is 11.7 Å². The number of benzene rings is 1. The number of carbonyl (C=O) groups is 1. The van der Waals surface area contributed by atoms with Crippen molar-refractivity contribution in [2.75, 3.05) is 6.61 Å². The predicted octanol–water partition coefficient (Wildman–Crippen LogP) is 4.16. The topological polar surface area (TPSA) is 64.4 Å². The first-order valence-electron chi connectivity index (χ1n) is 8.34. The molecule has 0 radical (unpaired) electrons. The number of aryl methyl sites for hydroxylation is 2. The zero-order valence-corrected chi connectivity index (χ0v) is 14.9. The number of furan rings is 1. The zero-order chi connectivity index (χ0) is 18.2. The Labute approximate surface area is 154 Å². The summed E-state index contributed by atoms with van der Waals surface area (Å²) >= 11 is 1.48. The molecule has 0 unspecified atom stereocenters. The van der Waals surface area contributed by atoms with E-state index < -0.39 is 0 Å². The summed E-state index contributed by atoms with van der Waals surface area (Å²) in [5.74, 6) is 0.451. The van der Waals surface area contributed by atoms with E-state index in [1.54, 1.807) is 18.4 Å². The van der Waals surface area contributed by atoms with Crippen LogP contribution >= 0.6 is 11.3 Å². The fourth-order valence-corrected chi connectivity index (χ4v) is 3.16. The largest absolute Gasteiger partial charge is 0.469 e. The quantitative estimate of drug-likeness (QED) is 0.451. The van der Waals surface area contributed by atoms with Crippen LogP contribution in [0.1, 0.15) is 23.6 Å². The van der Waals surface area contributed by atoms with Crippen LogP contribution < -0.4 is 5.48 Å². The Balaban J connectivity index is 1.34. The van der Waals surface area contributed by atoms with Gasteiger partial charge in [0.1, 0.15) is 11.6 Å². The molecule has 7 heteroatoms. The maximum atomic E-state index is 13.0. The molecule has 1 aromatic carbocycles. The van der Waals surface area contributed by atoms with E-state index in [9.17, 15) is 9.18 Å². The van der Waals surface area contributed by atoms with Crippen LogP contribution in [0.25, 0.3) is 11.3 Å². The zero-order valence-electron chi connectivity index (χ0n) is 14.1. The smallest absolute Gasteiger partial charge is 0.243 e. The van der Waals surface area contributed by atoms with Crippen molar-refractivity contribution in [3.8, 4) is 11.3 Å². The Morgan fingerprint density at radius 1 is 1.23 bits per heavy atom. The van der Waals surface area contributed by atoms with Crippen LogP contribution in [0.3, 0.4) is 0 Å². The van der Waals surface area contributed by atoms with E-state index in [2.05, 4.69) is 10.5 Å². The highest BCUT2D eigenvalue weighted by atomic mass is 32.1. The van der Waals surface area contributed by atoms with E-state index in [0.717, 1.165) is 34.9 Å². The van der Waals surface area contributed by atoms with E-state index in [0.29, 0.717) is 19.4 Å². The molecule has 0 saturated carbocycles. The first kappa shape index (κ1) is 18.3. The summed E-state index contributed by atoms with van der Waals surface area (Å²) in [5.41, 5.74) is 4.09. The van der Waals surface area contributed by atoms with Gasteiger partial charge in [-0.1, -0.05) is 0 Å². The van der Waals surface area contributed by atoms with Gasteiger partial charge < -0.3 is 4.42 Å². The summed E-state index contributed by atoms with van der Waals surface area (Å²) < 4.78 is 18.2. The minimum Gasteiger partial charge on any atom is -0.469 e. The molecule has 0 aliphatic rings. The summed E-state index contributed by atoms with van der Waals surface area (Å²) in [6.45, 7) is 0.429. The van der Waals surface area contributed by atoms with Gasteiger partial charge >= 0.3 is 0 Å². The van der Waals surface area contributed by atoms with Crippen LogP contribution in [0, 0.1) is 5.82 Å². The molecule has 0 spiro atoms. The maximum absolute atomic E-state index is 13.0. The van der Waals surface area contributed by atoms with Gasteiger partial charge in [0.2, 0.25) is 5.91 Å². The van der Waals surface area contributed by atoms with Crippen LogP contribution in [0.2, 0.25) is 0 Å². The maximum Gasteiger partial charge on any atom is 0.243 e. The normalized spacial score (nSPS) is 10.8. The standard InChI is InChI=1S/C19H19FN2O3S/c20-15-7-5-14(6-8-15)17-13-26-19(21-17)10-9-18(23)22-25-12-2-4-16-3-1-11-24-16/h1,3,5-8,11,13H,2,4,9-10,12H2,(H,22,23). The lowest BCUT2D eigenvalue weighted by molar-refractivity contribution is -0.133. The van der Waals surface area contributed by atoms with Crippen molar-refractivity contribution in [2.24, 2.45) is 0 Å². The molecule has 0 fully saturated rings. The molecule has 1 N–H and O–H groups in total. The Kier molecular flexibility index (Phi) is 6.51. The van der Waals surface area contributed by atoms with Crippen LogP contribution in [0.5, 0.6) is 0 Å². The van der Waals surface area contributed by atoms with Crippen LogP contribution in [0.4, 0.5) is 4.39 Å². The molecule has 0 atom stereocenters. The first-order chi connectivity index (χ1) is 12.7. The summed E-state index contributed by atoms with van der Waals surface area (Å²) in [5, 5.41) is 2.77. The van der Waals surface area contributed by atoms with Gasteiger partial charge in [-0.3, -0.25) is 9.63 Å². The molecule has 3 aromatic rings. The second-order valence-corrected chi connectivity index (χ2v) is 6.63. The minimum atomic E-state index is -0.273. The number of carbonyl (C=O) groups excluding carboxylic acids is 1. The van der Waals surface area contributed by atoms with Crippen molar-refractivity contribution in [2.45, 2.75) is 25.7 Å². The van der Waals surface area contributed by atoms with Crippen LogP contribution in [-0.4, -0.2) is 17.5 Å². The molecule has 1 amide bonds. The van der Waals surface area contributed by atoms with Gasteiger partial charge in [0.25, 0.3) is 0 Å². The number of nitrogens with one attached hydrogen (secondary N) is 1. The molecule has 26 heavy (non-hydrogen) atoms. The molecular weight excluding hydrogens is 355 g/mol. The number of amides is 1. The van der Waals surface area contributed by atoms with Crippen molar-refractivity contribution in [1.29, 1.82) is 0 Å². The third-order valence-corrected chi connectivity index (χ3v) is 4.60. The van der Waals surface area contributed by atoms with Gasteiger partial charge in [-0.2, -0.15) is 0 Å². The second-order valence-electron chi connectivity index (χ2n) is 5.69. The molecule has 3 rings (SSSR count). The van der Waals surface area contributed by atoms with Gasteiger partial charge in [-0.25, -0.2) is 14.9 Å². The lowest BCUT2D eigenvalue weighted by atomic mass is 10.2. The molecule has 136 valence electrons. The monoisotopic (exact) mass is 374 g/mol. The number of aromatic nitrogens is 1. The van der Waals surface area contributed by atoms with E-state index >= 15 is 0 Å². The number of nitrogens with zero attached hydrogens (tertiary/aromatic N) is 1. The van der Waals surface area contributed by atoms with E-state index in [4.69, 9.17) is 9.25 Å². The molecular formula is C19H19FN2O3S. The van der Waals surface area contributed by atoms with Gasteiger partial charge in [-0.05, 0) is 42.8 Å². The number of halogens is 1. The van der Waals surface area contributed by atoms with Gasteiger partial charge in [0, 0.05) is 30.2 Å². The number of thiazole rings is 1. The highest BCUT2D eigenvalue weighted by molar-refractivity contribution is 7.09. The fourth-order valence-electron chi connectivity index (χ4n) is 2.36. The molecule has 5 nitrogen and oxygen atoms in total. The van der Waals surface area contributed by atoms with Crippen molar-refractivity contribution in [3.05, 3.63) is 64.6 Å². The van der Waals surface area contributed by atoms with Gasteiger partial charge in [0.15, 0.2) is 0 Å². The highest BCUT2D eigenvalue weighted by Gasteiger charge is 2.08. The average molecular weight is 374 g/mol. The van der Waals surface area contributed by atoms with Gasteiger partial charge in [-0.15, -0.1) is 11.3 Å². The van der Waals surface area contributed by atoms with Crippen molar-refractivity contribution >= 4 is 17.2 Å². The molecule has 0 aliphatic carbocycles. The van der Waals surface area contributed by atoms with Crippen molar-refractivity contribution < 1.29 is 18.4 Å². The molecule has 0 saturated heterocycles. The Bertz CT molecular complexity index is 816. The molecule has 2 aromatic heterocycles. The first-order valence-corrected chi connectivity index (χ1v) is 9.22. The number of hydrogen-bond donors (Lipinski definition) is 1. The van der Waals surface area contributed by atoms with Crippen LogP contribution in [-0.2, 0) is 22.5 Å². The summed E-state index contributed by atoms with van der Waals surface area (Å²) in [6, 6.07) is 9.95. The third kappa shape index (κ3) is 5.50. The minimum absolute atomic E-state index is 0.179. The van der Waals surface area contributed by atoms with Crippen molar-refractivity contribution in [1.82, 2.24) is 10.5 Å². The summed E-state index contributed by atoms with van der Waals surface area (Å²) in [6.07, 6.45) is 4.01. The number of hydroxylamine groups is 1. The van der Waals surface area contributed by atoms with Crippen LogP contribution in [0.15, 0.2) is 52.5 Å². The predicted molar refractivity (Wildman–Crippen MR) is 97.0 cm³/mol. The Morgan fingerprint density at radius 2 is 2.08 bits per heavy atom. The van der Waals surface area contributed by atoms with E-state index in [1.165, 1.54) is 23.5 Å². The highest BCUT2D eigenvalue weighted by Crippen LogP contribution is 2.22. The second kappa shape index (κ2) is 9.26. The molecule has 0 bridgehead atoms. The number of rotatable bonds is 9. The SMILES string of the molecule is O=C(CCc1nc(-c2ccc(F)cc2)cs1)NOCCCc1ccco1. The van der Waals surface area contributed by atoms with E-state index in [1.807, 2.05) is 17.5 Å². The average Bonchev–Trinajstić information content (AvgIpc) is 3.32. The third-order valence-electron chi connectivity index (χ3n) is 3.69. The fraction of sp³-hybridized carbons (Fsp3) is 0.263.